The Kier molecular flexibility index (Phi) is 3.71. The highest BCUT2D eigenvalue weighted by atomic mass is 35.5. The van der Waals surface area contributed by atoms with Crippen LogP contribution in [0, 0.1) is 0 Å². The molecule has 2 aromatic rings. The number of nitrogens with two attached hydrogens (primary N) is 1. The Bertz CT molecular complexity index is 623. The second kappa shape index (κ2) is 5.27. The molecule has 0 fully saturated rings. The van der Waals surface area contributed by atoms with Crippen molar-refractivity contribution < 1.29 is 4.79 Å². The number of carbonyl (C=O) groups is 1. The largest absolute Gasteiger partial charge is 0.395 e. The van der Waals surface area contributed by atoms with Gasteiger partial charge in [-0.05, 0) is 12.5 Å². The molecule has 0 aliphatic carbocycles. The fourth-order valence-corrected chi connectivity index (χ4v) is 1.93. The molecule has 1 amide bonds. The Hall–Kier alpha value is -2.08. The molecule has 6 nitrogen and oxygen atoms in total. The highest BCUT2D eigenvalue weighted by molar-refractivity contribution is 6.33. The molecule has 0 aliphatic heterocycles. The van der Waals surface area contributed by atoms with Gasteiger partial charge in [-0.3, -0.25) is 14.5 Å². The zero-order valence-electron chi connectivity index (χ0n) is 10.6. The van der Waals surface area contributed by atoms with Crippen molar-refractivity contribution in [3.8, 4) is 0 Å². The van der Waals surface area contributed by atoms with E-state index in [0.29, 0.717) is 34.2 Å². The molecule has 0 spiro atoms. The maximum Gasteiger partial charge on any atom is 0.276 e. The summed E-state index contributed by atoms with van der Waals surface area (Å²) in [6.45, 7) is 1.93. The molecule has 0 radical (unpaired) electrons. The Morgan fingerprint density at radius 1 is 1.58 bits per heavy atom. The number of amides is 1. The van der Waals surface area contributed by atoms with Crippen molar-refractivity contribution in [3.05, 3.63) is 34.9 Å². The predicted molar refractivity (Wildman–Crippen MR) is 74.2 cm³/mol. The van der Waals surface area contributed by atoms with Crippen LogP contribution in [0.2, 0.25) is 5.02 Å². The number of hydrogen-bond donors (Lipinski definition) is 2. The number of halogens is 1. The smallest absolute Gasteiger partial charge is 0.276 e. The highest BCUT2D eigenvalue weighted by Crippen LogP contribution is 2.22. The van der Waals surface area contributed by atoms with Crippen molar-refractivity contribution in [1.82, 2.24) is 14.8 Å². The van der Waals surface area contributed by atoms with E-state index in [2.05, 4.69) is 15.4 Å². The molecule has 0 saturated heterocycles. The van der Waals surface area contributed by atoms with E-state index in [1.54, 1.807) is 19.3 Å². The molecule has 100 valence electrons. The Morgan fingerprint density at radius 2 is 2.32 bits per heavy atom. The number of hydrogen-bond acceptors (Lipinski definition) is 4. The van der Waals surface area contributed by atoms with Crippen LogP contribution in [0.25, 0.3) is 0 Å². The summed E-state index contributed by atoms with van der Waals surface area (Å²) in [6, 6.07) is 1.60. The van der Waals surface area contributed by atoms with Crippen molar-refractivity contribution in [1.29, 1.82) is 0 Å². The van der Waals surface area contributed by atoms with Crippen molar-refractivity contribution in [3.63, 3.8) is 0 Å². The van der Waals surface area contributed by atoms with Gasteiger partial charge in [0.05, 0.1) is 28.3 Å². The highest BCUT2D eigenvalue weighted by Gasteiger charge is 2.19. The zero-order chi connectivity index (χ0) is 14.0. The molecular formula is C12H14ClN5O. The van der Waals surface area contributed by atoms with Gasteiger partial charge in [0, 0.05) is 13.2 Å². The Morgan fingerprint density at radius 3 is 2.89 bits per heavy atom. The minimum Gasteiger partial charge on any atom is -0.395 e. The van der Waals surface area contributed by atoms with Gasteiger partial charge in [-0.2, -0.15) is 5.10 Å². The first-order valence-electron chi connectivity index (χ1n) is 5.76. The van der Waals surface area contributed by atoms with Gasteiger partial charge in [0.1, 0.15) is 5.69 Å². The van der Waals surface area contributed by atoms with Gasteiger partial charge in [0.2, 0.25) is 0 Å². The van der Waals surface area contributed by atoms with Crippen LogP contribution in [0.15, 0.2) is 18.5 Å². The van der Waals surface area contributed by atoms with E-state index in [0.717, 1.165) is 0 Å². The first kappa shape index (κ1) is 13.4. The third-order valence-electron chi connectivity index (χ3n) is 2.73. The number of anilines is 2. The summed E-state index contributed by atoms with van der Waals surface area (Å²) < 4.78 is 1.47. The molecule has 2 rings (SSSR count). The van der Waals surface area contributed by atoms with Crippen molar-refractivity contribution >= 4 is 28.9 Å². The minimum absolute atomic E-state index is 0.316. The lowest BCUT2D eigenvalue weighted by Crippen LogP contribution is -2.18. The molecule has 0 aliphatic rings. The summed E-state index contributed by atoms with van der Waals surface area (Å²) in [7, 11) is 1.68. The third-order valence-corrected chi connectivity index (χ3v) is 3.06. The topological polar surface area (TPSA) is 85.8 Å². The van der Waals surface area contributed by atoms with Crippen LogP contribution in [0.1, 0.15) is 23.1 Å². The standard InChI is InChI=1S/C12H14ClN5O/c1-3-8-10(14)11(18(2)17-8)12(19)16-9-6-15-5-4-7(9)13/h4-6H,3,14H2,1-2H3,(H,16,19). The molecule has 7 heteroatoms. The summed E-state index contributed by atoms with van der Waals surface area (Å²) in [5.74, 6) is -0.359. The number of nitrogens with one attached hydrogen (secondary N) is 1. The predicted octanol–water partition coefficient (Wildman–Crippen LogP) is 1.87. The van der Waals surface area contributed by atoms with Crippen LogP contribution in [0.4, 0.5) is 11.4 Å². The first-order chi connectivity index (χ1) is 9.04. The maximum absolute atomic E-state index is 12.2. The lowest BCUT2D eigenvalue weighted by Gasteiger charge is -2.07. The summed E-state index contributed by atoms with van der Waals surface area (Å²) in [5.41, 5.74) is 7.76. The van der Waals surface area contributed by atoms with Crippen molar-refractivity contribution in [2.24, 2.45) is 7.05 Å². The van der Waals surface area contributed by atoms with Crippen molar-refractivity contribution in [2.75, 3.05) is 11.1 Å². The summed E-state index contributed by atoms with van der Waals surface area (Å²) in [6.07, 6.45) is 3.69. The van der Waals surface area contributed by atoms with E-state index in [4.69, 9.17) is 17.3 Å². The average molecular weight is 280 g/mol. The quantitative estimate of drug-likeness (QED) is 0.898. The van der Waals surface area contributed by atoms with Crippen LogP contribution in [0.3, 0.4) is 0 Å². The van der Waals surface area contributed by atoms with Crippen LogP contribution >= 0.6 is 11.6 Å². The first-order valence-corrected chi connectivity index (χ1v) is 6.14. The second-order valence-corrected chi connectivity index (χ2v) is 4.40. The van der Waals surface area contributed by atoms with Crippen LogP contribution in [-0.2, 0) is 13.5 Å². The van der Waals surface area contributed by atoms with Crippen LogP contribution in [-0.4, -0.2) is 20.7 Å². The summed E-state index contributed by atoms with van der Waals surface area (Å²) in [4.78, 5) is 16.1. The Balaban J connectivity index is 2.31. The number of nitrogen functional groups attached to an aromatic ring is 1. The van der Waals surface area contributed by atoms with E-state index >= 15 is 0 Å². The second-order valence-electron chi connectivity index (χ2n) is 4.00. The van der Waals surface area contributed by atoms with Gasteiger partial charge < -0.3 is 11.1 Å². The van der Waals surface area contributed by atoms with E-state index in [1.165, 1.54) is 10.9 Å². The summed E-state index contributed by atoms with van der Waals surface area (Å²) in [5, 5.41) is 7.28. The van der Waals surface area contributed by atoms with Gasteiger partial charge >= 0.3 is 0 Å². The molecule has 0 aromatic carbocycles. The van der Waals surface area contributed by atoms with E-state index in [-0.39, 0.29) is 5.91 Å². The lowest BCUT2D eigenvalue weighted by molar-refractivity contribution is 0.101. The van der Waals surface area contributed by atoms with Gasteiger partial charge in [-0.25, -0.2) is 0 Å². The van der Waals surface area contributed by atoms with E-state index in [9.17, 15) is 4.79 Å². The fourth-order valence-electron chi connectivity index (χ4n) is 1.78. The molecule has 0 saturated carbocycles. The molecule has 0 bridgehead atoms. The van der Waals surface area contributed by atoms with Crippen LogP contribution in [0.5, 0.6) is 0 Å². The summed E-state index contributed by atoms with van der Waals surface area (Å²) >= 11 is 5.96. The number of pyridine rings is 1. The average Bonchev–Trinajstić information content (AvgIpc) is 2.67. The van der Waals surface area contributed by atoms with E-state index in [1.807, 2.05) is 6.92 Å². The van der Waals surface area contributed by atoms with Gasteiger partial charge in [-0.1, -0.05) is 18.5 Å². The Labute approximate surface area is 115 Å². The fraction of sp³-hybridized carbons (Fsp3) is 0.250. The maximum atomic E-state index is 12.2. The minimum atomic E-state index is -0.359. The number of aromatic nitrogens is 3. The molecule has 2 heterocycles. The molecule has 19 heavy (non-hydrogen) atoms. The molecule has 3 N–H and O–H groups in total. The number of nitrogens with zero attached hydrogens (tertiary/aromatic N) is 3. The number of carbonyl (C=O) groups excluding carboxylic acids is 1. The lowest BCUT2D eigenvalue weighted by atomic mass is 10.2. The van der Waals surface area contributed by atoms with Gasteiger partial charge in [0.15, 0.2) is 0 Å². The molecular weight excluding hydrogens is 266 g/mol. The molecule has 0 atom stereocenters. The number of rotatable bonds is 3. The normalized spacial score (nSPS) is 10.5. The van der Waals surface area contributed by atoms with E-state index < -0.39 is 0 Å². The van der Waals surface area contributed by atoms with Gasteiger partial charge in [0.25, 0.3) is 5.91 Å². The van der Waals surface area contributed by atoms with Gasteiger partial charge in [-0.15, -0.1) is 0 Å². The van der Waals surface area contributed by atoms with Crippen molar-refractivity contribution in [2.45, 2.75) is 13.3 Å². The SMILES string of the molecule is CCc1nn(C)c(C(=O)Nc2cnccc2Cl)c1N. The zero-order valence-corrected chi connectivity index (χ0v) is 11.4. The number of aryl methyl sites for hydroxylation is 2. The van der Waals surface area contributed by atoms with Crippen LogP contribution < -0.4 is 11.1 Å². The molecule has 0 unspecified atom stereocenters. The monoisotopic (exact) mass is 279 g/mol. The third kappa shape index (κ3) is 2.53. The molecule has 2 aromatic heterocycles.